The average molecular weight is 851 g/mol. The molecule has 3 heteroatoms. The van der Waals surface area contributed by atoms with Gasteiger partial charge in [-0.2, -0.15) is 0 Å². The van der Waals surface area contributed by atoms with E-state index in [4.69, 9.17) is 0 Å². The summed E-state index contributed by atoms with van der Waals surface area (Å²) in [6.07, 6.45) is 0. The molecule has 0 aliphatic heterocycles. The molecule has 2 aromatic heterocycles. The van der Waals surface area contributed by atoms with Crippen molar-refractivity contribution in [1.82, 2.24) is 9.13 Å². The van der Waals surface area contributed by atoms with Crippen molar-refractivity contribution in [1.29, 1.82) is 0 Å². The van der Waals surface area contributed by atoms with Crippen LogP contribution in [0.2, 0.25) is 0 Å². The van der Waals surface area contributed by atoms with Gasteiger partial charge in [-0.1, -0.05) is 146 Å². The van der Waals surface area contributed by atoms with Crippen molar-refractivity contribution in [3.05, 3.63) is 254 Å². The van der Waals surface area contributed by atoms with Crippen LogP contribution < -0.4 is 0 Å². The molecule has 0 spiro atoms. The molecule has 0 amide bonds. The molecule has 12 rings (SSSR count). The number of benzene rings is 10. The van der Waals surface area contributed by atoms with Gasteiger partial charge in [0, 0.05) is 52.5 Å². The van der Waals surface area contributed by atoms with E-state index in [9.17, 15) is 0 Å². The quantitative estimate of drug-likeness (QED) is 0.144. The Labute approximate surface area is 381 Å². The van der Waals surface area contributed by atoms with Gasteiger partial charge in [0.05, 0.1) is 22.1 Å². The van der Waals surface area contributed by atoms with Crippen LogP contribution >= 0.6 is 10.0 Å². The first-order valence-electron chi connectivity index (χ1n) is 22.4. The smallest absolute Gasteiger partial charge is 0.0541 e. The zero-order chi connectivity index (χ0) is 43.5. The molecule has 0 saturated carbocycles. The second-order valence-electron chi connectivity index (χ2n) is 17.0. The van der Waals surface area contributed by atoms with E-state index in [1.165, 1.54) is 85.4 Å². The summed E-state index contributed by atoms with van der Waals surface area (Å²) in [5, 5.41) is 4.98. The van der Waals surface area contributed by atoms with Crippen LogP contribution in [0.3, 0.4) is 0 Å². The van der Waals surface area contributed by atoms with Gasteiger partial charge < -0.3 is 9.13 Å². The van der Waals surface area contributed by atoms with Gasteiger partial charge in [0.15, 0.2) is 0 Å². The summed E-state index contributed by atoms with van der Waals surface area (Å²) in [4.78, 5) is 5.24. The fraction of sp³-hybridized carbons (Fsp3) is 0.0323. The van der Waals surface area contributed by atoms with Crippen LogP contribution in [0.25, 0.3) is 77.2 Å². The largest absolute Gasteiger partial charge is 0.309 e. The lowest BCUT2D eigenvalue weighted by atomic mass is 9.95. The molecule has 0 bridgehead atoms. The van der Waals surface area contributed by atoms with E-state index in [-0.39, 0.29) is 0 Å². The van der Waals surface area contributed by atoms with Gasteiger partial charge >= 0.3 is 0 Å². The molecule has 0 atom stereocenters. The van der Waals surface area contributed by atoms with Crippen LogP contribution in [0.1, 0.15) is 11.1 Å². The normalized spacial score (nSPS) is 12.1. The molecule has 0 radical (unpaired) electrons. The predicted octanol–water partition coefficient (Wildman–Crippen LogP) is 17.2. The van der Waals surface area contributed by atoms with Crippen molar-refractivity contribution in [3.63, 3.8) is 0 Å². The Morgan fingerprint density at radius 3 is 1.14 bits per heavy atom. The summed E-state index contributed by atoms with van der Waals surface area (Å²) >= 11 is 0. The number of aromatic nitrogens is 2. The molecule has 2 heterocycles. The molecule has 0 saturated heterocycles. The van der Waals surface area contributed by atoms with Gasteiger partial charge in [-0.15, -0.1) is 10.0 Å². The Kier molecular flexibility index (Phi) is 9.40. The van der Waals surface area contributed by atoms with Crippen molar-refractivity contribution in [2.45, 2.75) is 33.4 Å². The summed E-state index contributed by atoms with van der Waals surface area (Å²) in [6, 6.07) is 90.1. The van der Waals surface area contributed by atoms with Crippen molar-refractivity contribution in [2.24, 2.45) is 0 Å². The van der Waals surface area contributed by atoms with Crippen LogP contribution in [0, 0.1) is 13.8 Å². The minimum Gasteiger partial charge on any atom is -0.309 e. The molecule has 65 heavy (non-hydrogen) atoms. The van der Waals surface area contributed by atoms with Gasteiger partial charge in [0.25, 0.3) is 0 Å². The van der Waals surface area contributed by atoms with E-state index in [1.807, 2.05) is 0 Å². The molecule has 0 fully saturated rings. The summed E-state index contributed by atoms with van der Waals surface area (Å²) in [7, 11) is -1.83. The van der Waals surface area contributed by atoms with Crippen LogP contribution in [0.4, 0.5) is 0 Å². The number of para-hydroxylation sites is 3. The maximum absolute atomic E-state index is 2.48. The van der Waals surface area contributed by atoms with Crippen molar-refractivity contribution >= 4 is 53.6 Å². The van der Waals surface area contributed by atoms with Crippen molar-refractivity contribution in [2.75, 3.05) is 0 Å². The maximum Gasteiger partial charge on any atom is 0.0541 e. The molecule has 0 N–H and O–H groups in total. The summed E-state index contributed by atoms with van der Waals surface area (Å²) in [5.41, 5.74) is 14.4. The predicted molar refractivity (Wildman–Crippen MR) is 275 cm³/mol. The average Bonchev–Trinajstić information content (AvgIpc) is 3.88. The highest BCUT2D eigenvalue weighted by molar-refractivity contribution is 8.34. The van der Waals surface area contributed by atoms with Gasteiger partial charge in [0.2, 0.25) is 0 Å². The second-order valence-corrected chi connectivity index (χ2v) is 20.1. The number of rotatable bonds is 8. The van der Waals surface area contributed by atoms with Gasteiger partial charge in [-0.05, 0) is 144 Å². The van der Waals surface area contributed by atoms with E-state index in [2.05, 4.69) is 266 Å². The molecule has 0 aliphatic rings. The highest BCUT2D eigenvalue weighted by Gasteiger charge is 2.33. The Balaban J connectivity index is 1.11. The minimum absolute atomic E-state index is 1.12. The Hall–Kier alpha value is -7.85. The lowest BCUT2D eigenvalue weighted by molar-refractivity contribution is 1.13. The minimum atomic E-state index is -1.83. The Morgan fingerprint density at radius 2 is 0.662 bits per heavy atom. The van der Waals surface area contributed by atoms with Crippen molar-refractivity contribution < 1.29 is 0 Å². The zero-order valence-electron chi connectivity index (χ0n) is 36.4. The third kappa shape index (κ3) is 6.26. The number of hydrogen-bond donors (Lipinski definition) is 0. The lowest BCUT2D eigenvalue weighted by Gasteiger charge is -2.42. The van der Waals surface area contributed by atoms with Gasteiger partial charge in [-0.3, -0.25) is 0 Å². The Bertz CT molecular complexity index is 3540. The summed E-state index contributed by atoms with van der Waals surface area (Å²) in [5.74, 6) is 0. The second kappa shape index (κ2) is 15.7. The van der Waals surface area contributed by atoms with E-state index < -0.39 is 10.0 Å². The highest BCUT2D eigenvalue weighted by Crippen LogP contribution is 2.73. The molecule has 310 valence electrons. The highest BCUT2D eigenvalue weighted by atomic mass is 32.3. The van der Waals surface area contributed by atoms with E-state index in [0.29, 0.717) is 0 Å². The SMILES string of the molecule is Cc1cccc(C)c1-c1ccc2c(c1)c1ccccc1n2-c1cc(-c2ccc(S(c3ccccc3)(c3ccccc3)c3ccccc3)cc2)cc(-n2c3ccccc3c3ccccc32)c1. The standard InChI is InChI=1S/C62H46N2S/c1-43-19-18-20-44(2)62(43)46-35-38-61-57(41-46)56-29-14-17-32-60(56)64(61)49-40-47(39-48(42-49)63-58-30-15-12-27-54(58)55-28-13-16-31-59(55)63)45-33-36-53(37-34-45)65(50-21-6-3-7-22-50,51-23-8-4-9-24-51)52-25-10-5-11-26-52/h3-42H,1-2H3. The number of aryl methyl sites for hydroxylation is 2. The van der Waals surface area contributed by atoms with Crippen LogP contribution in [0.5, 0.6) is 0 Å². The molecular weight excluding hydrogens is 805 g/mol. The summed E-state index contributed by atoms with van der Waals surface area (Å²) in [6.45, 7) is 4.44. The number of hydrogen-bond acceptors (Lipinski definition) is 0. The first kappa shape index (κ1) is 38.8. The summed E-state index contributed by atoms with van der Waals surface area (Å²) < 4.78 is 4.93. The van der Waals surface area contributed by atoms with Gasteiger partial charge in [0.1, 0.15) is 0 Å². The molecule has 2 nitrogen and oxygen atoms in total. The first-order valence-corrected chi connectivity index (χ1v) is 24.0. The molecular formula is C62H46N2S. The Morgan fingerprint density at radius 1 is 0.277 bits per heavy atom. The molecule has 12 aromatic rings. The monoisotopic (exact) mass is 850 g/mol. The molecule has 0 unspecified atom stereocenters. The third-order valence-corrected chi connectivity index (χ3v) is 17.2. The topological polar surface area (TPSA) is 9.86 Å². The number of nitrogens with zero attached hydrogens (tertiary/aromatic N) is 2. The van der Waals surface area contributed by atoms with Crippen molar-refractivity contribution in [3.8, 4) is 33.6 Å². The van der Waals surface area contributed by atoms with Gasteiger partial charge in [-0.25, -0.2) is 0 Å². The van der Waals surface area contributed by atoms with E-state index in [1.54, 1.807) is 0 Å². The molecule has 10 aromatic carbocycles. The van der Waals surface area contributed by atoms with Crippen LogP contribution in [-0.2, 0) is 0 Å². The van der Waals surface area contributed by atoms with E-state index >= 15 is 0 Å². The van der Waals surface area contributed by atoms with Crippen LogP contribution in [0.15, 0.2) is 262 Å². The maximum atomic E-state index is 2.48. The third-order valence-electron chi connectivity index (χ3n) is 13.3. The first-order chi connectivity index (χ1) is 32.1. The van der Waals surface area contributed by atoms with Crippen LogP contribution in [-0.4, -0.2) is 9.13 Å². The van der Waals surface area contributed by atoms with E-state index in [0.717, 1.165) is 22.5 Å². The fourth-order valence-corrected chi connectivity index (χ4v) is 14.3. The fourth-order valence-electron chi connectivity index (χ4n) is 10.4. The number of fused-ring (bicyclic) bond motifs is 6. The lowest BCUT2D eigenvalue weighted by Crippen LogP contribution is -2.05. The zero-order valence-corrected chi connectivity index (χ0v) is 37.2. The molecule has 0 aliphatic carbocycles.